The Bertz CT molecular complexity index is 242. The molecular formula is C7H10N2O2S. The number of esters is 1. The largest absolute Gasteiger partial charge is 0.462 e. The molecule has 66 valence electrons. The third kappa shape index (κ3) is 2.84. The molecule has 0 aliphatic heterocycles. The fourth-order valence-corrected chi connectivity index (χ4v) is 0.840. The molecule has 0 aromatic rings. The van der Waals surface area contributed by atoms with Gasteiger partial charge < -0.3 is 10.5 Å². The Balaban J connectivity index is 4.59. The summed E-state index contributed by atoms with van der Waals surface area (Å²) in [5.74, 6) is -0.660. The van der Waals surface area contributed by atoms with E-state index in [1.807, 2.05) is 0 Å². The maximum absolute atomic E-state index is 11.0. The number of rotatable bonds is 3. The number of hydrogen-bond acceptors (Lipinski definition) is 5. The molecule has 0 aliphatic carbocycles. The molecule has 4 nitrogen and oxygen atoms in total. The van der Waals surface area contributed by atoms with Crippen LogP contribution in [-0.2, 0) is 9.53 Å². The van der Waals surface area contributed by atoms with Gasteiger partial charge >= 0.3 is 5.97 Å². The predicted molar refractivity (Wildman–Crippen MR) is 47.0 cm³/mol. The van der Waals surface area contributed by atoms with E-state index in [0.29, 0.717) is 0 Å². The van der Waals surface area contributed by atoms with E-state index >= 15 is 0 Å². The summed E-state index contributed by atoms with van der Waals surface area (Å²) in [6, 6.07) is 1.70. The third-order valence-electron chi connectivity index (χ3n) is 1.06. The lowest BCUT2D eigenvalue weighted by Gasteiger charge is -2.01. The number of nitrogens with two attached hydrogens (primary N) is 1. The lowest BCUT2D eigenvalue weighted by atomic mass is 10.3. The highest BCUT2D eigenvalue weighted by molar-refractivity contribution is 8.02. The van der Waals surface area contributed by atoms with Gasteiger partial charge in [-0.05, 0) is 13.2 Å². The summed E-state index contributed by atoms with van der Waals surface area (Å²) in [5, 5.41) is 8.71. The second-order valence-electron chi connectivity index (χ2n) is 1.78. The van der Waals surface area contributed by atoms with Crippen LogP contribution >= 0.6 is 11.8 Å². The zero-order valence-electron chi connectivity index (χ0n) is 6.96. The monoisotopic (exact) mass is 186 g/mol. The van der Waals surface area contributed by atoms with Crippen LogP contribution in [0.3, 0.4) is 0 Å². The average molecular weight is 186 g/mol. The highest BCUT2D eigenvalue weighted by Crippen LogP contribution is 2.11. The lowest BCUT2D eigenvalue weighted by molar-refractivity contribution is -0.138. The topological polar surface area (TPSA) is 76.1 Å². The van der Waals surface area contributed by atoms with E-state index in [1.165, 1.54) is 0 Å². The van der Waals surface area contributed by atoms with Gasteiger partial charge in [0.25, 0.3) is 0 Å². The molecule has 0 bridgehead atoms. The second kappa shape index (κ2) is 5.49. The van der Waals surface area contributed by atoms with E-state index in [2.05, 4.69) is 4.74 Å². The van der Waals surface area contributed by atoms with Crippen LogP contribution in [0.15, 0.2) is 10.6 Å². The average Bonchev–Trinajstić information content (AvgIpc) is 2.06. The van der Waals surface area contributed by atoms with Crippen molar-refractivity contribution >= 4 is 17.7 Å². The summed E-state index contributed by atoms with van der Waals surface area (Å²) in [7, 11) is 0. The Kier molecular flexibility index (Phi) is 4.97. The summed E-state index contributed by atoms with van der Waals surface area (Å²) in [6.07, 6.45) is 1.69. The molecule has 0 unspecified atom stereocenters. The summed E-state index contributed by atoms with van der Waals surface area (Å²) in [6.45, 7) is 1.91. The number of thioether (sulfide) groups is 1. The van der Waals surface area contributed by atoms with E-state index in [4.69, 9.17) is 11.0 Å². The summed E-state index contributed by atoms with van der Waals surface area (Å²) >= 11 is 1.15. The van der Waals surface area contributed by atoms with E-state index in [0.717, 1.165) is 11.8 Å². The number of ether oxygens (including phenoxy) is 1. The molecule has 0 saturated heterocycles. The highest BCUT2D eigenvalue weighted by Gasteiger charge is 2.13. The van der Waals surface area contributed by atoms with Crippen molar-refractivity contribution in [3.8, 4) is 6.07 Å². The van der Waals surface area contributed by atoms with Gasteiger partial charge in [0, 0.05) is 0 Å². The quantitative estimate of drug-likeness (QED) is 0.397. The van der Waals surface area contributed by atoms with Crippen molar-refractivity contribution in [3.63, 3.8) is 0 Å². The Morgan fingerprint density at radius 2 is 2.33 bits per heavy atom. The Morgan fingerprint density at radius 3 is 2.67 bits per heavy atom. The van der Waals surface area contributed by atoms with Gasteiger partial charge in [0.2, 0.25) is 0 Å². The number of nitrogens with zero attached hydrogens (tertiary/aromatic N) is 1. The smallest absolute Gasteiger partial charge is 0.351 e. The van der Waals surface area contributed by atoms with E-state index in [-0.39, 0.29) is 17.2 Å². The first-order chi connectivity index (χ1) is 5.67. The van der Waals surface area contributed by atoms with Crippen molar-refractivity contribution in [2.75, 3.05) is 12.9 Å². The molecule has 0 fully saturated rings. The molecule has 0 spiro atoms. The van der Waals surface area contributed by atoms with Crippen molar-refractivity contribution < 1.29 is 9.53 Å². The van der Waals surface area contributed by atoms with Crippen LogP contribution < -0.4 is 5.73 Å². The number of nitriles is 1. The molecule has 12 heavy (non-hydrogen) atoms. The second-order valence-corrected chi connectivity index (χ2v) is 2.62. The van der Waals surface area contributed by atoms with Gasteiger partial charge in [-0.2, -0.15) is 5.26 Å². The van der Waals surface area contributed by atoms with Crippen molar-refractivity contribution in [3.05, 3.63) is 10.6 Å². The molecule has 0 aromatic carbocycles. The summed E-state index contributed by atoms with van der Waals surface area (Å²) in [4.78, 5) is 11.0. The molecule has 0 aromatic heterocycles. The zero-order chi connectivity index (χ0) is 9.56. The van der Waals surface area contributed by atoms with Gasteiger partial charge in [0.15, 0.2) is 5.57 Å². The van der Waals surface area contributed by atoms with Crippen molar-refractivity contribution in [1.82, 2.24) is 0 Å². The summed E-state index contributed by atoms with van der Waals surface area (Å²) in [5.41, 5.74) is 5.26. The van der Waals surface area contributed by atoms with Crippen molar-refractivity contribution in [2.24, 2.45) is 5.73 Å². The van der Waals surface area contributed by atoms with Crippen LogP contribution in [0.5, 0.6) is 0 Å². The van der Waals surface area contributed by atoms with Gasteiger partial charge in [-0.1, -0.05) is 0 Å². The van der Waals surface area contributed by atoms with Gasteiger partial charge in [-0.15, -0.1) is 11.8 Å². The molecule has 0 aliphatic rings. The molecule has 5 heteroatoms. The fourth-order valence-electron chi connectivity index (χ4n) is 0.507. The SMILES string of the molecule is CCOC(=O)/C(C#N)=C(\N)SC. The first-order valence-electron chi connectivity index (χ1n) is 3.28. The first kappa shape index (κ1) is 10.8. The van der Waals surface area contributed by atoms with Crippen molar-refractivity contribution in [2.45, 2.75) is 6.92 Å². The van der Waals surface area contributed by atoms with Crippen LogP contribution in [-0.4, -0.2) is 18.8 Å². The van der Waals surface area contributed by atoms with Gasteiger partial charge in [-0.25, -0.2) is 4.79 Å². The van der Waals surface area contributed by atoms with Crippen LogP contribution in [0.1, 0.15) is 6.92 Å². The van der Waals surface area contributed by atoms with Gasteiger partial charge in [0.1, 0.15) is 6.07 Å². The summed E-state index contributed by atoms with van der Waals surface area (Å²) < 4.78 is 4.61. The Morgan fingerprint density at radius 1 is 1.75 bits per heavy atom. The molecule has 0 amide bonds. The minimum Gasteiger partial charge on any atom is -0.462 e. The number of hydrogen-bond donors (Lipinski definition) is 1. The highest BCUT2D eigenvalue weighted by atomic mass is 32.2. The van der Waals surface area contributed by atoms with Gasteiger partial charge in [-0.3, -0.25) is 0 Å². The number of carbonyl (C=O) groups excluding carboxylic acids is 1. The fraction of sp³-hybridized carbons (Fsp3) is 0.429. The van der Waals surface area contributed by atoms with Crippen LogP contribution in [0, 0.1) is 11.3 Å². The predicted octanol–water partition coefficient (Wildman–Crippen LogP) is 0.606. The van der Waals surface area contributed by atoms with E-state index in [1.54, 1.807) is 19.2 Å². The zero-order valence-corrected chi connectivity index (χ0v) is 7.77. The molecule has 0 radical (unpaired) electrons. The molecule has 0 rings (SSSR count). The Labute approximate surface area is 75.4 Å². The maximum atomic E-state index is 11.0. The molecule has 0 saturated carbocycles. The van der Waals surface area contributed by atoms with Crippen LogP contribution in [0.2, 0.25) is 0 Å². The van der Waals surface area contributed by atoms with Gasteiger partial charge in [0.05, 0.1) is 11.6 Å². The minimum absolute atomic E-state index is 0.121. The molecule has 0 heterocycles. The number of carbonyl (C=O) groups is 1. The lowest BCUT2D eigenvalue weighted by Crippen LogP contribution is -2.11. The standard InChI is InChI=1S/C7H10N2O2S/c1-3-11-7(10)5(4-8)6(9)12-2/h3,9H2,1-2H3/b6-5+. The van der Waals surface area contributed by atoms with E-state index < -0.39 is 5.97 Å². The minimum atomic E-state index is -0.660. The van der Waals surface area contributed by atoms with Crippen LogP contribution in [0.25, 0.3) is 0 Å². The molecule has 2 N–H and O–H groups in total. The van der Waals surface area contributed by atoms with E-state index in [9.17, 15) is 4.79 Å². The molecular weight excluding hydrogens is 176 g/mol. The first-order valence-corrected chi connectivity index (χ1v) is 4.50. The maximum Gasteiger partial charge on any atom is 0.351 e. The Hall–Kier alpha value is -1.15. The normalized spacial score (nSPS) is 11.4. The third-order valence-corrected chi connectivity index (χ3v) is 1.70. The van der Waals surface area contributed by atoms with Crippen molar-refractivity contribution in [1.29, 1.82) is 5.26 Å². The van der Waals surface area contributed by atoms with Crippen LogP contribution in [0.4, 0.5) is 0 Å². The molecule has 0 atom stereocenters.